The average molecular weight is 247 g/mol. The van der Waals surface area contributed by atoms with Crippen molar-refractivity contribution in [3.63, 3.8) is 0 Å². The first-order valence-electron chi connectivity index (χ1n) is 4.92. The van der Waals surface area contributed by atoms with Crippen molar-refractivity contribution < 1.29 is 18.0 Å². The van der Waals surface area contributed by atoms with Gasteiger partial charge in [-0.3, -0.25) is 4.79 Å². The van der Waals surface area contributed by atoms with E-state index in [1.165, 1.54) is 12.3 Å². The van der Waals surface area contributed by atoms with E-state index in [1.807, 2.05) is 0 Å². The van der Waals surface area contributed by atoms with Crippen molar-refractivity contribution in [1.29, 1.82) is 0 Å². The number of hydrogen-bond acceptors (Lipinski definition) is 3. The molecule has 1 amide bonds. The monoisotopic (exact) mass is 247 g/mol. The lowest BCUT2D eigenvalue weighted by molar-refractivity contribution is -0.142. The molecule has 0 aliphatic rings. The maximum absolute atomic E-state index is 11.8. The number of nitrogens with one attached hydrogen (secondary N) is 1. The molecule has 0 fully saturated rings. The summed E-state index contributed by atoms with van der Waals surface area (Å²) in [5, 5.41) is 2.27. The molecule has 0 spiro atoms. The Labute approximate surface area is 96.0 Å². The smallest absolute Gasteiger partial charge is 0.326 e. The van der Waals surface area contributed by atoms with Gasteiger partial charge in [-0.2, -0.15) is 13.2 Å². The molecule has 0 bridgehead atoms. The van der Waals surface area contributed by atoms with Gasteiger partial charge in [0.15, 0.2) is 0 Å². The van der Waals surface area contributed by atoms with E-state index in [0.717, 1.165) is 5.56 Å². The molecule has 0 atom stereocenters. The van der Waals surface area contributed by atoms with Crippen LogP contribution < -0.4 is 11.1 Å². The summed E-state index contributed by atoms with van der Waals surface area (Å²) in [5.41, 5.74) is 6.12. The van der Waals surface area contributed by atoms with Crippen molar-refractivity contribution >= 4 is 11.7 Å². The Kier molecular flexibility index (Phi) is 4.45. The van der Waals surface area contributed by atoms with E-state index in [0.29, 0.717) is 6.54 Å². The maximum Gasteiger partial charge on any atom is 0.389 e. The normalized spacial score (nSPS) is 11.3. The van der Waals surface area contributed by atoms with Crippen LogP contribution in [0.1, 0.15) is 18.4 Å². The summed E-state index contributed by atoms with van der Waals surface area (Å²) in [4.78, 5) is 15.0. The third-order valence-corrected chi connectivity index (χ3v) is 1.96. The summed E-state index contributed by atoms with van der Waals surface area (Å²) >= 11 is 0. The molecule has 17 heavy (non-hydrogen) atoms. The highest BCUT2D eigenvalue weighted by Crippen LogP contribution is 2.21. The fourth-order valence-electron chi connectivity index (χ4n) is 1.08. The number of aromatic nitrogens is 1. The fourth-order valence-corrected chi connectivity index (χ4v) is 1.08. The fraction of sp³-hybridized carbons (Fsp3) is 0.400. The van der Waals surface area contributed by atoms with Gasteiger partial charge in [0.25, 0.3) is 0 Å². The van der Waals surface area contributed by atoms with Gasteiger partial charge in [-0.1, -0.05) is 6.07 Å². The number of amides is 1. The van der Waals surface area contributed by atoms with Gasteiger partial charge < -0.3 is 11.1 Å². The second kappa shape index (κ2) is 5.62. The van der Waals surface area contributed by atoms with Crippen LogP contribution >= 0.6 is 0 Å². The second-order valence-corrected chi connectivity index (χ2v) is 3.42. The molecule has 94 valence electrons. The van der Waals surface area contributed by atoms with Crippen LogP contribution in [-0.4, -0.2) is 17.1 Å². The zero-order valence-electron chi connectivity index (χ0n) is 8.92. The molecule has 0 aliphatic carbocycles. The zero-order valence-corrected chi connectivity index (χ0v) is 8.92. The summed E-state index contributed by atoms with van der Waals surface area (Å²) in [7, 11) is 0. The van der Waals surface area contributed by atoms with Crippen molar-refractivity contribution in [2.45, 2.75) is 25.6 Å². The third kappa shape index (κ3) is 5.30. The molecule has 7 heteroatoms. The summed E-state index contributed by atoms with van der Waals surface area (Å²) in [6.45, 7) is 0.315. The van der Waals surface area contributed by atoms with Crippen LogP contribution in [0, 0.1) is 0 Å². The average Bonchev–Trinajstić information content (AvgIpc) is 2.27. The number of anilines is 1. The third-order valence-electron chi connectivity index (χ3n) is 1.96. The van der Waals surface area contributed by atoms with Gasteiger partial charge in [0.1, 0.15) is 5.82 Å². The van der Waals surface area contributed by atoms with E-state index in [-0.39, 0.29) is 5.82 Å². The number of pyridine rings is 1. The van der Waals surface area contributed by atoms with Crippen molar-refractivity contribution in [3.05, 3.63) is 23.9 Å². The van der Waals surface area contributed by atoms with Crippen LogP contribution in [0.5, 0.6) is 0 Å². The van der Waals surface area contributed by atoms with Crippen LogP contribution in [0.15, 0.2) is 18.3 Å². The molecule has 0 saturated heterocycles. The molecule has 1 heterocycles. The van der Waals surface area contributed by atoms with Crippen molar-refractivity contribution in [1.82, 2.24) is 4.98 Å². The number of carbonyl (C=O) groups is 1. The predicted molar refractivity (Wildman–Crippen MR) is 56.0 cm³/mol. The number of nitrogens with two attached hydrogens (primary N) is 1. The molecule has 1 rings (SSSR count). The molecular weight excluding hydrogens is 235 g/mol. The van der Waals surface area contributed by atoms with Gasteiger partial charge in [-0.25, -0.2) is 4.98 Å². The SMILES string of the molecule is NCc1ccc(NC(=O)CCC(F)(F)F)nc1. The van der Waals surface area contributed by atoms with Gasteiger partial charge in [0.05, 0.1) is 6.42 Å². The Morgan fingerprint density at radius 2 is 2.12 bits per heavy atom. The summed E-state index contributed by atoms with van der Waals surface area (Å²) in [5.74, 6) is -0.496. The molecule has 4 nitrogen and oxygen atoms in total. The lowest BCUT2D eigenvalue weighted by Crippen LogP contribution is -2.17. The van der Waals surface area contributed by atoms with E-state index in [1.54, 1.807) is 6.07 Å². The second-order valence-electron chi connectivity index (χ2n) is 3.42. The predicted octanol–water partition coefficient (Wildman–Crippen LogP) is 1.82. The number of carbonyl (C=O) groups excluding carboxylic acids is 1. The van der Waals surface area contributed by atoms with Crippen molar-refractivity contribution in [3.8, 4) is 0 Å². The highest BCUT2D eigenvalue weighted by Gasteiger charge is 2.27. The molecule has 0 saturated carbocycles. The Morgan fingerprint density at radius 3 is 2.59 bits per heavy atom. The van der Waals surface area contributed by atoms with E-state index < -0.39 is 24.9 Å². The molecule has 0 aliphatic heterocycles. The number of alkyl halides is 3. The Balaban J connectivity index is 2.45. The lowest BCUT2D eigenvalue weighted by Gasteiger charge is -2.07. The Hall–Kier alpha value is -1.63. The number of nitrogens with zero attached hydrogens (tertiary/aromatic N) is 1. The summed E-state index contributed by atoms with van der Waals surface area (Å²) in [6, 6.07) is 3.14. The first-order valence-corrected chi connectivity index (χ1v) is 4.92. The molecular formula is C10H12F3N3O. The van der Waals surface area contributed by atoms with Gasteiger partial charge in [0, 0.05) is 19.2 Å². The minimum atomic E-state index is -4.33. The highest BCUT2D eigenvalue weighted by molar-refractivity contribution is 5.89. The standard InChI is InChI=1S/C10H12F3N3O/c11-10(12,13)4-3-9(17)16-8-2-1-7(5-14)6-15-8/h1-2,6H,3-5,14H2,(H,15,16,17). The quantitative estimate of drug-likeness (QED) is 0.852. The van der Waals surface area contributed by atoms with E-state index >= 15 is 0 Å². The Morgan fingerprint density at radius 1 is 1.41 bits per heavy atom. The molecule has 1 aromatic heterocycles. The first-order chi connectivity index (χ1) is 7.90. The van der Waals surface area contributed by atoms with Gasteiger partial charge in [0.2, 0.25) is 5.91 Å². The minimum absolute atomic E-state index is 0.217. The highest BCUT2D eigenvalue weighted by atomic mass is 19.4. The first kappa shape index (κ1) is 13.4. The van der Waals surface area contributed by atoms with Gasteiger partial charge >= 0.3 is 6.18 Å². The van der Waals surface area contributed by atoms with E-state index in [9.17, 15) is 18.0 Å². The van der Waals surface area contributed by atoms with Crippen LogP contribution in [0.3, 0.4) is 0 Å². The Bertz CT molecular complexity index is 375. The van der Waals surface area contributed by atoms with Crippen molar-refractivity contribution in [2.24, 2.45) is 5.73 Å². The summed E-state index contributed by atoms with van der Waals surface area (Å²) < 4.78 is 35.5. The number of halogens is 3. The maximum atomic E-state index is 11.8. The van der Waals surface area contributed by atoms with E-state index in [4.69, 9.17) is 5.73 Å². The largest absolute Gasteiger partial charge is 0.389 e. The molecule has 1 aromatic rings. The van der Waals surface area contributed by atoms with Crippen LogP contribution in [-0.2, 0) is 11.3 Å². The number of rotatable bonds is 4. The molecule has 0 unspecified atom stereocenters. The number of hydrogen-bond donors (Lipinski definition) is 2. The molecule has 3 N–H and O–H groups in total. The summed E-state index contributed by atoms with van der Waals surface area (Å²) in [6.07, 6.45) is -4.61. The van der Waals surface area contributed by atoms with Gasteiger partial charge in [-0.15, -0.1) is 0 Å². The molecule has 0 aromatic carbocycles. The zero-order chi connectivity index (χ0) is 12.9. The molecule has 0 radical (unpaired) electrons. The minimum Gasteiger partial charge on any atom is -0.326 e. The van der Waals surface area contributed by atoms with Crippen LogP contribution in [0.4, 0.5) is 19.0 Å². The van der Waals surface area contributed by atoms with E-state index in [2.05, 4.69) is 10.3 Å². The van der Waals surface area contributed by atoms with Gasteiger partial charge in [-0.05, 0) is 11.6 Å². The van der Waals surface area contributed by atoms with Crippen LogP contribution in [0.25, 0.3) is 0 Å². The van der Waals surface area contributed by atoms with Crippen LogP contribution in [0.2, 0.25) is 0 Å². The lowest BCUT2D eigenvalue weighted by atomic mass is 10.2. The topological polar surface area (TPSA) is 68.0 Å². The van der Waals surface area contributed by atoms with Crippen molar-refractivity contribution in [2.75, 3.05) is 5.32 Å².